The van der Waals surface area contributed by atoms with Crippen molar-refractivity contribution in [3.05, 3.63) is 34.9 Å². The fourth-order valence-corrected chi connectivity index (χ4v) is 3.40. The summed E-state index contributed by atoms with van der Waals surface area (Å²) in [5, 5.41) is 14.8. The number of rotatable bonds is 0. The first kappa shape index (κ1) is 8.56. The molecule has 82 valence electrons. The number of hydrogen-bond donors (Lipinski definition) is 2. The maximum Gasteiger partial charge on any atom is 0.0522 e. The molecule has 0 spiro atoms. The Balaban J connectivity index is 1.84. The van der Waals surface area contributed by atoms with Crippen LogP contribution in [0.5, 0.6) is 0 Å². The SMILES string of the molecule is c1n[nH]c2c1CC[C@H]1c3[nH]ncc3CC[C@H]21. The van der Waals surface area contributed by atoms with Crippen molar-refractivity contribution in [1.29, 1.82) is 0 Å². The van der Waals surface area contributed by atoms with Crippen LogP contribution in [0.3, 0.4) is 0 Å². The Morgan fingerprint density at radius 3 is 1.88 bits per heavy atom. The summed E-state index contributed by atoms with van der Waals surface area (Å²) >= 11 is 0. The van der Waals surface area contributed by atoms with E-state index in [1.54, 1.807) is 0 Å². The van der Waals surface area contributed by atoms with Crippen LogP contribution in [0.2, 0.25) is 0 Å². The Hall–Kier alpha value is -1.58. The van der Waals surface area contributed by atoms with Crippen LogP contribution in [0.1, 0.15) is 47.2 Å². The van der Waals surface area contributed by atoms with Crippen molar-refractivity contribution in [2.45, 2.75) is 37.5 Å². The number of aromatic amines is 2. The summed E-state index contributed by atoms with van der Waals surface area (Å²) in [4.78, 5) is 0. The molecule has 0 saturated heterocycles. The lowest BCUT2D eigenvalue weighted by Crippen LogP contribution is -2.24. The minimum Gasteiger partial charge on any atom is -0.282 e. The number of aryl methyl sites for hydroxylation is 2. The number of fused-ring (bicyclic) bond motifs is 5. The Bertz CT molecular complexity index is 476. The van der Waals surface area contributed by atoms with Gasteiger partial charge in [0.25, 0.3) is 0 Å². The summed E-state index contributed by atoms with van der Waals surface area (Å²) < 4.78 is 0. The third kappa shape index (κ3) is 0.991. The van der Waals surface area contributed by atoms with Gasteiger partial charge in [-0.05, 0) is 36.8 Å². The topological polar surface area (TPSA) is 57.4 Å². The van der Waals surface area contributed by atoms with Gasteiger partial charge in [0.1, 0.15) is 0 Å². The summed E-state index contributed by atoms with van der Waals surface area (Å²) in [6.45, 7) is 0. The first-order valence-corrected chi connectivity index (χ1v) is 5.98. The van der Waals surface area contributed by atoms with Gasteiger partial charge in [0.05, 0.1) is 12.4 Å². The normalized spacial score (nSPS) is 27.0. The van der Waals surface area contributed by atoms with Crippen LogP contribution in [0.4, 0.5) is 0 Å². The molecule has 4 rings (SSSR count). The maximum atomic E-state index is 4.19. The molecule has 2 aromatic heterocycles. The van der Waals surface area contributed by atoms with Crippen LogP contribution < -0.4 is 0 Å². The zero-order valence-electron chi connectivity index (χ0n) is 9.03. The van der Waals surface area contributed by atoms with Gasteiger partial charge in [-0.2, -0.15) is 10.2 Å². The van der Waals surface area contributed by atoms with Crippen molar-refractivity contribution in [1.82, 2.24) is 20.4 Å². The fourth-order valence-electron chi connectivity index (χ4n) is 3.40. The quantitative estimate of drug-likeness (QED) is 0.703. The highest BCUT2D eigenvalue weighted by atomic mass is 15.1. The predicted molar refractivity (Wildman–Crippen MR) is 59.3 cm³/mol. The highest BCUT2D eigenvalue weighted by Gasteiger charge is 2.36. The Kier molecular flexibility index (Phi) is 1.59. The van der Waals surface area contributed by atoms with Crippen molar-refractivity contribution >= 4 is 0 Å². The second-order valence-corrected chi connectivity index (χ2v) is 4.91. The van der Waals surface area contributed by atoms with Crippen molar-refractivity contribution in [3.8, 4) is 0 Å². The second kappa shape index (κ2) is 2.97. The molecule has 2 heterocycles. The Morgan fingerprint density at radius 2 is 1.38 bits per heavy atom. The van der Waals surface area contributed by atoms with Crippen molar-refractivity contribution in [2.24, 2.45) is 0 Å². The molecule has 0 amide bonds. The van der Waals surface area contributed by atoms with Gasteiger partial charge in [0, 0.05) is 23.2 Å². The molecule has 2 aromatic rings. The molecule has 0 aromatic carbocycles. The van der Waals surface area contributed by atoms with Gasteiger partial charge in [0.15, 0.2) is 0 Å². The van der Waals surface area contributed by atoms with E-state index in [9.17, 15) is 0 Å². The summed E-state index contributed by atoms with van der Waals surface area (Å²) in [6, 6.07) is 0. The average Bonchev–Trinajstić information content (AvgIpc) is 2.96. The number of H-pyrrole nitrogens is 2. The van der Waals surface area contributed by atoms with E-state index in [0.717, 1.165) is 12.8 Å². The minimum absolute atomic E-state index is 0.624. The highest BCUT2D eigenvalue weighted by Crippen LogP contribution is 2.47. The first-order chi connectivity index (χ1) is 7.93. The molecule has 2 aliphatic carbocycles. The van der Waals surface area contributed by atoms with Crippen molar-refractivity contribution < 1.29 is 0 Å². The summed E-state index contributed by atoms with van der Waals surface area (Å²) in [5.74, 6) is 1.25. The fraction of sp³-hybridized carbons (Fsp3) is 0.500. The summed E-state index contributed by atoms with van der Waals surface area (Å²) in [5.41, 5.74) is 5.58. The molecule has 4 heteroatoms. The van der Waals surface area contributed by atoms with E-state index >= 15 is 0 Å². The van der Waals surface area contributed by atoms with Gasteiger partial charge in [-0.1, -0.05) is 0 Å². The lowest BCUT2D eigenvalue weighted by atomic mass is 9.70. The number of hydrogen-bond acceptors (Lipinski definition) is 2. The molecule has 0 fully saturated rings. The third-order valence-corrected chi connectivity index (χ3v) is 4.18. The number of nitrogens with one attached hydrogen (secondary N) is 2. The Morgan fingerprint density at radius 1 is 0.875 bits per heavy atom. The van der Waals surface area contributed by atoms with Crippen LogP contribution >= 0.6 is 0 Å². The van der Waals surface area contributed by atoms with Crippen LogP contribution in [-0.4, -0.2) is 20.4 Å². The van der Waals surface area contributed by atoms with Crippen molar-refractivity contribution in [3.63, 3.8) is 0 Å². The van der Waals surface area contributed by atoms with E-state index in [2.05, 4.69) is 20.4 Å². The molecule has 0 bridgehead atoms. The standard InChI is InChI=1S/C12H14N4/c1-3-9-10(11-7(1)5-13-15-11)4-2-8-6-14-16-12(8)9/h5-6,9-10H,1-4H2,(H,13,15)(H,14,16)/t9-,10+. The van der Waals surface area contributed by atoms with E-state index in [4.69, 9.17) is 0 Å². The molecule has 2 aliphatic rings. The average molecular weight is 214 g/mol. The van der Waals surface area contributed by atoms with Gasteiger partial charge in [-0.25, -0.2) is 0 Å². The third-order valence-electron chi connectivity index (χ3n) is 4.18. The predicted octanol–water partition coefficient (Wildman–Crippen LogP) is 1.89. The number of aromatic nitrogens is 4. The van der Waals surface area contributed by atoms with Crippen LogP contribution in [-0.2, 0) is 12.8 Å². The molecule has 16 heavy (non-hydrogen) atoms. The monoisotopic (exact) mass is 214 g/mol. The molecule has 0 unspecified atom stereocenters. The van der Waals surface area contributed by atoms with Gasteiger partial charge in [-0.15, -0.1) is 0 Å². The highest BCUT2D eigenvalue weighted by molar-refractivity contribution is 5.35. The molecule has 4 nitrogen and oxygen atoms in total. The molecular weight excluding hydrogens is 200 g/mol. The van der Waals surface area contributed by atoms with Gasteiger partial charge in [-0.3, -0.25) is 10.2 Å². The van der Waals surface area contributed by atoms with Gasteiger partial charge < -0.3 is 0 Å². The van der Waals surface area contributed by atoms with Crippen LogP contribution in [0.15, 0.2) is 12.4 Å². The van der Waals surface area contributed by atoms with Gasteiger partial charge >= 0.3 is 0 Å². The molecular formula is C12H14N4. The summed E-state index contributed by atoms with van der Waals surface area (Å²) in [6.07, 6.45) is 8.73. The van der Waals surface area contributed by atoms with E-state index < -0.39 is 0 Å². The molecule has 2 atom stereocenters. The summed E-state index contributed by atoms with van der Waals surface area (Å²) in [7, 11) is 0. The maximum absolute atomic E-state index is 4.19. The lowest BCUT2D eigenvalue weighted by molar-refractivity contribution is 0.410. The van der Waals surface area contributed by atoms with E-state index in [0.29, 0.717) is 11.8 Å². The molecule has 0 radical (unpaired) electrons. The molecule has 0 aliphatic heterocycles. The zero-order chi connectivity index (χ0) is 10.5. The largest absolute Gasteiger partial charge is 0.282 e. The first-order valence-electron chi connectivity index (χ1n) is 5.98. The van der Waals surface area contributed by atoms with E-state index in [1.165, 1.54) is 35.4 Å². The second-order valence-electron chi connectivity index (χ2n) is 4.91. The Labute approximate surface area is 93.5 Å². The zero-order valence-corrected chi connectivity index (χ0v) is 9.03. The van der Waals surface area contributed by atoms with E-state index in [1.807, 2.05) is 12.4 Å². The van der Waals surface area contributed by atoms with Crippen LogP contribution in [0, 0.1) is 0 Å². The molecule has 0 saturated carbocycles. The number of nitrogens with zero attached hydrogens (tertiary/aromatic N) is 2. The lowest BCUT2D eigenvalue weighted by Gasteiger charge is -2.34. The smallest absolute Gasteiger partial charge is 0.0522 e. The van der Waals surface area contributed by atoms with Crippen LogP contribution in [0.25, 0.3) is 0 Å². The van der Waals surface area contributed by atoms with Crippen molar-refractivity contribution in [2.75, 3.05) is 0 Å². The van der Waals surface area contributed by atoms with E-state index in [-0.39, 0.29) is 0 Å². The minimum atomic E-state index is 0.624. The van der Waals surface area contributed by atoms with Gasteiger partial charge in [0.2, 0.25) is 0 Å². The molecule has 2 N–H and O–H groups in total.